The number of thioether (sulfide) groups is 1. The third kappa shape index (κ3) is 4.93. The van der Waals surface area contributed by atoms with Gasteiger partial charge in [-0.3, -0.25) is 4.79 Å². The number of hydrogen-bond donors (Lipinski definition) is 2. The molecule has 1 aromatic carbocycles. The summed E-state index contributed by atoms with van der Waals surface area (Å²) in [5, 5.41) is 6.16. The van der Waals surface area contributed by atoms with E-state index in [4.69, 9.17) is 4.42 Å². The van der Waals surface area contributed by atoms with Crippen molar-refractivity contribution >= 4 is 17.7 Å². The Kier molecular flexibility index (Phi) is 6.55. The van der Waals surface area contributed by atoms with Gasteiger partial charge in [0.1, 0.15) is 0 Å². The van der Waals surface area contributed by atoms with Crippen LogP contribution in [0.15, 0.2) is 52.0 Å². The van der Waals surface area contributed by atoms with Crippen molar-refractivity contribution in [3.8, 4) is 0 Å². The quantitative estimate of drug-likeness (QED) is 0.733. The van der Waals surface area contributed by atoms with Crippen LogP contribution in [0, 0.1) is 0 Å². The first-order chi connectivity index (χ1) is 10.7. The highest BCUT2D eigenvalue weighted by atomic mass is 32.2. The van der Waals surface area contributed by atoms with Gasteiger partial charge in [0, 0.05) is 28.8 Å². The van der Waals surface area contributed by atoms with E-state index in [-0.39, 0.29) is 11.9 Å². The summed E-state index contributed by atoms with van der Waals surface area (Å²) in [6, 6.07) is 12.2. The first-order valence-electron chi connectivity index (χ1n) is 7.46. The summed E-state index contributed by atoms with van der Waals surface area (Å²) in [5.41, 5.74) is 0.919. The number of benzene rings is 1. The molecule has 0 aliphatic heterocycles. The van der Waals surface area contributed by atoms with E-state index in [9.17, 15) is 4.79 Å². The Labute approximate surface area is 135 Å². The van der Waals surface area contributed by atoms with Crippen LogP contribution in [0.1, 0.15) is 30.0 Å². The third-order valence-corrected chi connectivity index (χ3v) is 4.27. The van der Waals surface area contributed by atoms with Crippen molar-refractivity contribution in [3.05, 3.63) is 54.0 Å². The smallest absolute Gasteiger partial charge is 0.287 e. The van der Waals surface area contributed by atoms with Gasteiger partial charge >= 0.3 is 0 Å². The Bertz CT molecular complexity index is 583. The fraction of sp³-hybridized carbons (Fsp3) is 0.353. The van der Waals surface area contributed by atoms with Crippen LogP contribution in [0.5, 0.6) is 0 Å². The maximum Gasteiger partial charge on any atom is 0.287 e. The molecule has 0 aliphatic carbocycles. The first kappa shape index (κ1) is 16.6. The molecule has 0 saturated carbocycles. The number of hydrogen-bond acceptors (Lipinski definition) is 4. The summed E-state index contributed by atoms with van der Waals surface area (Å²) >= 11 is 1.69. The summed E-state index contributed by atoms with van der Waals surface area (Å²) in [5.74, 6) is 0.969. The Morgan fingerprint density at radius 2 is 2.05 bits per heavy atom. The fourth-order valence-corrected chi connectivity index (χ4v) is 2.97. The van der Waals surface area contributed by atoms with Crippen molar-refractivity contribution in [2.24, 2.45) is 0 Å². The van der Waals surface area contributed by atoms with E-state index in [0.717, 1.165) is 12.1 Å². The lowest BCUT2D eigenvalue weighted by molar-refractivity contribution is 0.0921. The van der Waals surface area contributed by atoms with Gasteiger partial charge in [-0.25, -0.2) is 0 Å². The molecular weight excluding hydrogens is 296 g/mol. The monoisotopic (exact) mass is 318 g/mol. The summed E-state index contributed by atoms with van der Waals surface area (Å²) in [7, 11) is 0. The lowest BCUT2D eigenvalue weighted by Gasteiger charge is -2.12. The second kappa shape index (κ2) is 8.66. The van der Waals surface area contributed by atoms with Crippen LogP contribution in [-0.2, 0) is 5.75 Å². The minimum Gasteiger partial charge on any atom is -0.459 e. The standard InChI is InChI=1S/C17H22N2O2S/c1-3-18-13(2)11-19-17(20)16-14(9-10-21-16)12-22-15-7-5-4-6-8-15/h4-10,13,18H,3,11-12H2,1-2H3,(H,19,20)/t13-/m1/s1. The SMILES string of the molecule is CCN[C@H](C)CNC(=O)c1occc1CSc1ccccc1. The highest BCUT2D eigenvalue weighted by Crippen LogP contribution is 2.24. The second-order valence-corrected chi connectivity index (χ2v) is 6.09. The molecule has 0 spiro atoms. The van der Waals surface area contributed by atoms with Crippen LogP contribution >= 0.6 is 11.8 Å². The summed E-state index contributed by atoms with van der Waals surface area (Å²) in [6.07, 6.45) is 1.57. The van der Waals surface area contributed by atoms with E-state index >= 15 is 0 Å². The number of rotatable bonds is 8. The largest absolute Gasteiger partial charge is 0.459 e. The first-order valence-corrected chi connectivity index (χ1v) is 8.45. The van der Waals surface area contributed by atoms with E-state index in [1.165, 1.54) is 4.90 Å². The topological polar surface area (TPSA) is 54.3 Å². The Morgan fingerprint density at radius 1 is 1.27 bits per heavy atom. The average Bonchev–Trinajstić information content (AvgIpc) is 3.00. The molecular formula is C17H22N2O2S. The van der Waals surface area contributed by atoms with Crippen molar-refractivity contribution < 1.29 is 9.21 Å². The molecule has 118 valence electrons. The van der Waals surface area contributed by atoms with Gasteiger partial charge in [-0.05, 0) is 31.7 Å². The average molecular weight is 318 g/mol. The zero-order chi connectivity index (χ0) is 15.8. The molecule has 0 fully saturated rings. The number of carbonyl (C=O) groups is 1. The van der Waals surface area contributed by atoms with Gasteiger partial charge in [0.15, 0.2) is 5.76 Å². The van der Waals surface area contributed by atoms with Crippen LogP contribution < -0.4 is 10.6 Å². The molecule has 2 aromatic rings. The van der Waals surface area contributed by atoms with Crippen molar-refractivity contribution in [1.29, 1.82) is 0 Å². The van der Waals surface area contributed by atoms with Gasteiger partial charge in [0.25, 0.3) is 5.91 Å². The molecule has 1 aromatic heterocycles. The van der Waals surface area contributed by atoms with Crippen molar-refractivity contribution in [2.75, 3.05) is 13.1 Å². The highest BCUT2D eigenvalue weighted by molar-refractivity contribution is 7.98. The van der Waals surface area contributed by atoms with Crippen LogP contribution in [-0.4, -0.2) is 25.0 Å². The Morgan fingerprint density at radius 3 is 2.77 bits per heavy atom. The number of carbonyl (C=O) groups excluding carboxylic acids is 1. The molecule has 0 radical (unpaired) electrons. The molecule has 1 heterocycles. The van der Waals surface area contributed by atoms with Crippen molar-refractivity contribution in [3.63, 3.8) is 0 Å². The number of likely N-dealkylation sites (N-methyl/N-ethyl adjacent to an activating group) is 1. The van der Waals surface area contributed by atoms with E-state index in [1.54, 1.807) is 18.0 Å². The Hall–Kier alpha value is -1.72. The molecule has 1 amide bonds. The highest BCUT2D eigenvalue weighted by Gasteiger charge is 2.16. The molecule has 0 bridgehead atoms. The zero-order valence-electron chi connectivity index (χ0n) is 13.0. The number of nitrogens with one attached hydrogen (secondary N) is 2. The summed E-state index contributed by atoms with van der Waals surface area (Å²) < 4.78 is 5.36. The molecule has 5 heteroatoms. The maximum absolute atomic E-state index is 12.2. The van der Waals surface area contributed by atoms with Crippen LogP contribution in [0.2, 0.25) is 0 Å². The predicted molar refractivity (Wildman–Crippen MR) is 90.2 cm³/mol. The van der Waals surface area contributed by atoms with E-state index < -0.39 is 0 Å². The molecule has 2 N–H and O–H groups in total. The molecule has 22 heavy (non-hydrogen) atoms. The lowest BCUT2D eigenvalue weighted by atomic mass is 10.2. The third-order valence-electron chi connectivity index (χ3n) is 3.21. The lowest BCUT2D eigenvalue weighted by Crippen LogP contribution is -2.38. The molecule has 4 nitrogen and oxygen atoms in total. The van der Waals surface area contributed by atoms with Crippen LogP contribution in [0.3, 0.4) is 0 Å². The maximum atomic E-state index is 12.2. The number of furan rings is 1. The molecule has 0 unspecified atom stereocenters. The summed E-state index contributed by atoms with van der Waals surface area (Å²) in [6.45, 7) is 5.55. The molecule has 0 aliphatic rings. The van der Waals surface area contributed by atoms with Crippen LogP contribution in [0.25, 0.3) is 0 Å². The van der Waals surface area contributed by atoms with E-state index in [1.807, 2.05) is 38.1 Å². The predicted octanol–water partition coefficient (Wildman–Crippen LogP) is 3.30. The van der Waals surface area contributed by atoms with Crippen molar-refractivity contribution in [2.45, 2.75) is 30.5 Å². The van der Waals surface area contributed by atoms with Gasteiger partial charge in [-0.1, -0.05) is 25.1 Å². The van der Waals surface area contributed by atoms with Gasteiger partial charge in [-0.15, -0.1) is 11.8 Å². The van der Waals surface area contributed by atoms with Gasteiger partial charge in [0.2, 0.25) is 0 Å². The normalized spacial score (nSPS) is 12.1. The second-order valence-electron chi connectivity index (χ2n) is 5.05. The molecule has 1 atom stereocenters. The molecule has 2 rings (SSSR count). The summed E-state index contributed by atoms with van der Waals surface area (Å²) in [4.78, 5) is 13.4. The Balaban J connectivity index is 1.90. The minimum atomic E-state index is -0.154. The number of amides is 1. The van der Waals surface area contributed by atoms with E-state index in [2.05, 4.69) is 22.8 Å². The van der Waals surface area contributed by atoms with E-state index in [0.29, 0.717) is 18.1 Å². The minimum absolute atomic E-state index is 0.154. The fourth-order valence-electron chi connectivity index (χ4n) is 2.07. The van der Waals surface area contributed by atoms with Crippen molar-refractivity contribution in [1.82, 2.24) is 10.6 Å². The van der Waals surface area contributed by atoms with Crippen LogP contribution in [0.4, 0.5) is 0 Å². The van der Waals surface area contributed by atoms with Gasteiger partial charge < -0.3 is 15.1 Å². The van der Waals surface area contributed by atoms with Gasteiger partial charge in [0.05, 0.1) is 6.26 Å². The molecule has 0 saturated heterocycles. The zero-order valence-corrected chi connectivity index (χ0v) is 13.8. The van der Waals surface area contributed by atoms with Gasteiger partial charge in [-0.2, -0.15) is 0 Å².